The van der Waals surface area contributed by atoms with E-state index in [1.807, 2.05) is 5.38 Å². The molecule has 32 heavy (non-hydrogen) atoms. The van der Waals surface area contributed by atoms with Crippen molar-refractivity contribution in [1.82, 2.24) is 14.2 Å². The minimum Gasteiger partial charge on any atom is -0.406 e. The molecule has 12 heteroatoms. The molecule has 1 saturated carbocycles. The van der Waals surface area contributed by atoms with E-state index in [9.17, 15) is 21.6 Å². The molecule has 4 rings (SSSR count). The van der Waals surface area contributed by atoms with Gasteiger partial charge in [0.1, 0.15) is 17.1 Å². The Hall–Kier alpha value is -2.18. The van der Waals surface area contributed by atoms with Gasteiger partial charge in [-0.05, 0) is 36.8 Å². The molecule has 1 saturated heterocycles. The van der Waals surface area contributed by atoms with E-state index in [2.05, 4.69) is 14.1 Å². The van der Waals surface area contributed by atoms with Gasteiger partial charge in [0.2, 0.25) is 0 Å². The number of hydrogen-bond donors (Lipinski definition) is 0. The number of halogens is 3. The van der Waals surface area contributed by atoms with Crippen LogP contribution in [0.1, 0.15) is 30.9 Å². The number of nitrogens with zero attached hydrogens (tertiary/aromatic N) is 4. The molecule has 1 atom stereocenters. The topological polar surface area (TPSA) is 75.1 Å². The third kappa shape index (κ3) is 5.07. The van der Waals surface area contributed by atoms with E-state index in [-0.39, 0.29) is 17.1 Å². The molecule has 7 nitrogen and oxygen atoms in total. The lowest BCUT2D eigenvalue weighted by Gasteiger charge is -2.30. The molecule has 0 amide bonds. The van der Waals surface area contributed by atoms with Crippen molar-refractivity contribution in [2.24, 2.45) is 9.81 Å². The summed E-state index contributed by atoms with van der Waals surface area (Å²) >= 11 is 1.38. The van der Waals surface area contributed by atoms with Crippen LogP contribution in [0.4, 0.5) is 13.2 Å². The Morgan fingerprint density at radius 3 is 2.69 bits per heavy atom. The SMILES string of the molecule is CN(C)/C=N/S(=O)(=O)N1CCC2(CC1)CC2c1csc(-c2cccc(OC(F)(F)F)c2)n1. The van der Waals surface area contributed by atoms with Crippen LogP contribution in [0.25, 0.3) is 10.6 Å². The molecule has 1 aliphatic carbocycles. The fourth-order valence-corrected chi connectivity index (χ4v) is 6.06. The largest absolute Gasteiger partial charge is 0.573 e. The average Bonchev–Trinajstić information content (AvgIpc) is 3.18. The summed E-state index contributed by atoms with van der Waals surface area (Å²) in [7, 11) is -0.258. The van der Waals surface area contributed by atoms with E-state index >= 15 is 0 Å². The Kier molecular flexibility index (Phi) is 5.97. The summed E-state index contributed by atoms with van der Waals surface area (Å²) < 4.78 is 71.3. The maximum atomic E-state index is 12.5. The van der Waals surface area contributed by atoms with Gasteiger partial charge in [-0.2, -0.15) is 12.7 Å². The second-order valence-electron chi connectivity index (χ2n) is 8.33. The summed E-state index contributed by atoms with van der Waals surface area (Å²) in [4.78, 5) is 6.24. The van der Waals surface area contributed by atoms with Gasteiger partial charge in [0.05, 0.1) is 5.69 Å². The van der Waals surface area contributed by atoms with Gasteiger partial charge in [0.25, 0.3) is 0 Å². The second-order valence-corrected chi connectivity index (χ2v) is 10.8. The van der Waals surface area contributed by atoms with Crippen molar-refractivity contribution >= 4 is 27.9 Å². The molecule has 2 aromatic rings. The van der Waals surface area contributed by atoms with Gasteiger partial charge in [-0.15, -0.1) is 28.9 Å². The predicted molar refractivity (Wildman–Crippen MR) is 116 cm³/mol. The third-order valence-corrected chi connectivity index (χ3v) is 8.13. The Bertz CT molecular complexity index is 1110. The van der Waals surface area contributed by atoms with Crippen LogP contribution in [0.15, 0.2) is 34.0 Å². The van der Waals surface area contributed by atoms with E-state index in [1.165, 1.54) is 40.2 Å². The van der Waals surface area contributed by atoms with Crippen molar-refractivity contribution in [1.29, 1.82) is 0 Å². The summed E-state index contributed by atoms with van der Waals surface area (Å²) in [6.07, 6.45) is -1.06. The highest BCUT2D eigenvalue weighted by Gasteiger charge is 2.57. The normalized spacial score (nSPS) is 21.2. The third-order valence-electron chi connectivity index (χ3n) is 5.84. The Morgan fingerprint density at radius 2 is 2.03 bits per heavy atom. The molecule has 174 valence electrons. The molecule has 2 fully saturated rings. The van der Waals surface area contributed by atoms with Crippen molar-refractivity contribution in [3.8, 4) is 16.3 Å². The second kappa shape index (κ2) is 8.31. The maximum absolute atomic E-state index is 12.5. The van der Waals surface area contributed by atoms with Gasteiger partial charge >= 0.3 is 16.6 Å². The number of benzene rings is 1. The zero-order valence-corrected chi connectivity index (χ0v) is 19.2. The van der Waals surface area contributed by atoms with Crippen LogP contribution in [0.3, 0.4) is 0 Å². The number of ether oxygens (including phenoxy) is 1. The molecule has 2 heterocycles. The molecule has 1 aromatic carbocycles. The highest BCUT2D eigenvalue weighted by Crippen LogP contribution is 2.65. The summed E-state index contributed by atoms with van der Waals surface area (Å²) in [5.41, 5.74) is 1.51. The first-order valence-corrected chi connectivity index (χ1v) is 12.3. The molecular weight excluding hydrogens is 465 g/mol. The molecule has 1 aliphatic heterocycles. The van der Waals surface area contributed by atoms with Crippen LogP contribution in [0, 0.1) is 5.41 Å². The lowest BCUT2D eigenvalue weighted by atomic mass is 9.91. The average molecular weight is 489 g/mol. The zero-order chi connectivity index (χ0) is 23.1. The summed E-state index contributed by atoms with van der Waals surface area (Å²) in [5.74, 6) is -0.0441. The predicted octanol–water partition coefficient (Wildman–Crippen LogP) is 4.11. The van der Waals surface area contributed by atoms with Crippen molar-refractivity contribution in [3.05, 3.63) is 35.3 Å². The molecule has 2 aliphatic rings. The summed E-state index contributed by atoms with van der Waals surface area (Å²) in [6, 6.07) is 5.79. The van der Waals surface area contributed by atoms with E-state index < -0.39 is 16.6 Å². The Labute approximate surface area is 188 Å². The van der Waals surface area contributed by atoms with E-state index in [1.54, 1.807) is 25.1 Å². The lowest BCUT2D eigenvalue weighted by molar-refractivity contribution is -0.274. The van der Waals surface area contributed by atoms with Gasteiger partial charge in [0, 0.05) is 44.0 Å². The van der Waals surface area contributed by atoms with Crippen molar-refractivity contribution in [3.63, 3.8) is 0 Å². The fourth-order valence-electron chi connectivity index (χ4n) is 4.11. The highest BCUT2D eigenvalue weighted by atomic mass is 32.2. The first kappa shape index (κ1) is 23.0. The molecule has 1 unspecified atom stereocenters. The van der Waals surface area contributed by atoms with Gasteiger partial charge in [0.15, 0.2) is 0 Å². The number of rotatable bonds is 6. The van der Waals surface area contributed by atoms with E-state index in [0.717, 1.165) is 25.0 Å². The molecule has 1 aromatic heterocycles. The van der Waals surface area contributed by atoms with Crippen LogP contribution in [-0.2, 0) is 10.2 Å². The van der Waals surface area contributed by atoms with Crippen LogP contribution in [-0.4, -0.2) is 62.5 Å². The molecule has 0 N–H and O–H groups in total. The van der Waals surface area contributed by atoms with Crippen molar-refractivity contribution < 1.29 is 26.3 Å². The molecular formula is C20H23F3N4O3S2. The first-order valence-electron chi connectivity index (χ1n) is 10.0. The molecule has 1 spiro atoms. The van der Waals surface area contributed by atoms with Gasteiger partial charge < -0.3 is 9.64 Å². The number of thiazole rings is 1. The molecule has 0 radical (unpaired) electrons. The minimum atomic E-state index is -4.74. The first-order chi connectivity index (χ1) is 15.0. The number of aromatic nitrogens is 1. The Morgan fingerprint density at radius 1 is 1.31 bits per heavy atom. The van der Waals surface area contributed by atoms with Crippen LogP contribution >= 0.6 is 11.3 Å². The quantitative estimate of drug-likeness (QED) is 0.452. The monoisotopic (exact) mass is 488 g/mol. The number of hydrogen-bond acceptors (Lipinski definition) is 5. The minimum absolute atomic E-state index is 0.0316. The fraction of sp³-hybridized carbons (Fsp3) is 0.500. The van der Waals surface area contributed by atoms with Gasteiger partial charge in [-0.25, -0.2) is 4.98 Å². The van der Waals surface area contributed by atoms with Crippen LogP contribution < -0.4 is 4.74 Å². The summed E-state index contributed by atoms with van der Waals surface area (Å²) in [5, 5.41) is 2.57. The Balaban J connectivity index is 1.41. The number of alkyl halides is 3. The van der Waals surface area contributed by atoms with Crippen LogP contribution in [0.5, 0.6) is 5.75 Å². The standard InChI is InChI=1S/C20H23F3N4O3S2/c1-26(2)13-24-32(28,29)27-8-6-19(7-9-27)11-16(19)17-12-31-18(25-17)14-4-3-5-15(10-14)30-20(21,22)23/h3-5,10,12-13,16H,6-9,11H2,1-2H3/b24-13+. The van der Waals surface area contributed by atoms with Crippen LogP contribution in [0.2, 0.25) is 0 Å². The zero-order valence-electron chi connectivity index (χ0n) is 17.5. The van der Waals surface area contributed by atoms with Gasteiger partial charge in [-0.1, -0.05) is 12.1 Å². The van der Waals surface area contributed by atoms with E-state index in [0.29, 0.717) is 23.7 Å². The molecule has 0 bridgehead atoms. The van der Waals surface area contributed by atoms with E-state index in [4.69, 9.17) is 0 Å². The van der Waals surface area contributed by atoms with Gasteiger partial charge in [-0.3, -0.25) is 0 Å². The smallest absolute Gasteiger partial charge is 0.406 e. The maximum Gasteiger partial charge on any atom is 0.573 e. The summed E-state index contributed by atoms with van der Waals surface area (Å²) in [6.45, 7) is 0.828. The van der Waals surface area contributed by atoms with Crippen molar-refractivity contribution in [2.75, 3.05) is 27.2 Å². The van der Waals surface area contributed by atoms with Crippen molar-refractivity contribution in [2.45, 2.75) is 31.5 Å². The number of piperidine rings is 1. The highest BCUT2D eigenvalue weighted by molar-refractivity contribution is 7.87. The lowest BCUT2D eigenvalue weighted by Crippen LogP contribution is -2.38.